The van der Waals surface area contributed by atoms with E-state index in [0.29, 0.717) is 23.1 Å². The number of rotatable bonds is 5. The molecule has 0 spiro atoms. The molecule has 0 aromatic heterocycles. The molecular formula is C20H19ClF3N3O5. The molecular weight excluding hydrogens is 455 g/mol. The molecule has 32 heavy (non-hydrogen) atoms. The standard InChI is InChI=1S/C20H19ClF3N3O5/c1-31-12-3-4-13(18(9-12)32-2)19(28)26-7-5-25(6-8-26)16-11-15(21)14(20(22,23)24)10-17(16)27(29)30/h3-4,9-11H,5-8H2,1-2H3. The van der Waals surface area contributed by atoms with Crippen molar-refractivity contribution >= 4 is 28.9 Å². The first kappa shape index (κ1) is 23.5. The molecule has 1 amide bonds. The number of carbonyl (C=O) groups is 1. The van der Waals surface area contributed by atoms with Gasteiger partial charge in [0.15, 0.2) is 0 Å². The van der Waals surface area contributed by atoms with Gasteiger partial charge in [0, 0.05) is 38.3 Å². The largest absolute Gasteiger partial charge is 0.497 e. The molecule has 1 heterocycles. The van der Waals surface area contributed by atoms with E-state index in [0.717, 1.165) is 6.07 Å². The molecule has 0 radical (unpaired) electrons. The Bertz CT molecular complexity index is 1040. The number of hydrogen-bond acceptors (Lipinski definition) is 6. The van der Waals surface area contributed by atoms with E-state index in [1.807, 2.05) is 0 Å². The Hall–Kier alpha value is -3.21. The number of methoxy groups -OCH3 is 2. The average molecular weight is 474 g/mol. The number of halogens is 4. The molecule has 1 aliphatic rings. The van der Waals surface area contributed by atoms with Crippen molar-refractivity contribution in [1.82, 2.24) is 4.90 Å². The predicted octanol–water partition coefficient (Wildman–Crippen LogP) is 4.25. The lowest BCUT2D eigenvalue weighted by atomic mass is 10.1. The van der Waals surface area contributed by atoms with Crippen LogP contribution in [0.2, 0.25) is 5.02 Å². The van der Waals surface area contributed by atoms with E-state index in [1.54, 1.807) is 28.0 Å². The van der Waals surface area contributed by atoms with E-state index in [2.05, 4.69) is 0 Å². The Morgan fingerprint density at radius 3 is 2.28 bits per heavy atom. The van der Waals surface area contributed by atoms with Crippen molar-refractivity contribution in [2.24, 2.45) is 0 Å². The van der Waals surface area contributed by atoms with Crippen LogP contribution in [0.4, 0.5) is 24.5 Å². The third-order valence-corrected chi connectivity index (χ3v) is 5.43. The predicted molar refractivity (Wildman–Crippen MR) is 111 cm³/mol. The normalized spacial score (nSPS) is 14.3. The van der Waals surface area contributed by atoms with Crippen molar-refractivity contribution in [1.29, 1.82) is 0 Å². The van der Waals surface area contributed by atoms with Crippen LogP contribution in [-0.2, 0) is 6.18 Å². The molecule has 1 aliphatic heterocycles. The van der Waals surface area contributed by atoms with Gasteiger partial charge in [0.05, 0.1) is 35.3 Å². The second kappa shape index (κ2) is 9.11. The number of ether oxygens (including phenoxy) is 2. The quantitative estimate of drug-likeness (QED) is 0.477. The third-order valence-electron chi connectivity index (χ3n) is 5.11. The first-order chi connectivity index (χ1) is 15.1. The van der Waals surface area contributed by atoms with Crippen LogP contribution in [0, 0.1) is 10.1 Å². The fraction of sp³-hybridized carbons (Fsp3) is 0.350. The van der Waals surface area contributed by atoms with Crippen LogP contribution in [0.1, 0.15) is 15.9 Å². The molecule has 12 heteroatoms. The number of nitro groups is 1. The van der Waals surface area contributed by atoms with Gasteiger partial charge in [0.25, 0.3) is 11.6 Å². The molecule has 2 aromatic carbocycles. The van der Waals surface area contributed by atoms with Crippen molar-refractivity contribution in [2.45, 2.75) is 6.18 Å². The smallest absolute Gasteiger partial charge is 0.418 e. The number of anilines is 1. The molecule has 0 atom stereocenters. The summed E-state index contributed by atoms with van der Waals surface area (Å²) >= 11 is 5.77. The van der Waals surface area contributed by atoms with Crippen LogP contribution in [-0.4, -0.2) is 56.1 Å². The highest BCUT2D eigenvalue weighted by molar-refractivity contribution is 6.31. The Balaban J connectivity index is 1.81. The van der Waals surface area contributed by atoms with E-state index in [1.165, 1.54) is 14.2 Å². The zero-order valence-corrected chi connectivity index (χ0v) is 17.9. The molecule has 1 fully saturated rings. The van der Waals surface area contributed by atoms with Crippen LogP contribution in [0.3, 0.4) is 0 Å². The lowest BCUT2D eigenvalue weighted by Gasteiger charge is -2.36. The Morgan fingerprint density at radius 2 is 1.75 bits per heavy atom. The maximum absolute atomic E-state index is 13.1. The summed E-state index contributed by atoms with van der Waals surface area (Å²) in [6, 6.07) is 6.17. The summed E-state index contributed by atoms with van der Waals surface area (Å²) in [4.78, 5) is 26.6. The summed E-state index contributed by atoms with van der Waals surface area (Å²) < 4.78 is 49.7. The zero-order chi connectivity index (χ0) is 23.6. The SMILES string of the molecule is COc1ccc(C(=O)N2CCN(c3cc(Cl)c(C(F)(F)F)cc3[N+](=O)[O-])CC2)c(OC)c1. The number of hydrogen-bond donors (Lipinski definition) is 0. The molecule has 0 saturated carbocycles. The van der Waals surface area contributed by atoms with Crippen LogP contribution < -0.4 is 14.4 Å². The van der Waals surface area contributed by atoms with E-state index in [-0.39, 0.29) is 37.8 Å². The second-order valence-corrected chi connectivity index (χ2v) is 7.33. The number of alkyl halides is 3. The summed E-state index contributed by atoms with van der Waals surface area (Å²) in [5.41, 5.74) is -1.67. The molecule has 172 valence electrons. The molecule has 0 aliphatic carbocycles. The van der Waals surface area contributed by atoms with E-state index < -0.39 is 27.4 Å². The lowest BCUT2D eigenvalue weighted by molar-refractivity contribution is -0.384. The van der Waals surface area contributed by atoms with Crippen LogP contribution in [0.15, 0.2) is 30.3 Å². The highest BCUT2D eigenvalue weighted by Crippen LogP contribution is 2.41. The highest BCUT2D eigenvalue weighted by Gasteiger charge is 2.37. The number of nitro benzene ring substituents is 1. The number of piperazine rings is 1. The third kappa shape index (κ3) is 4.67. The minimum atomic E-state index is -4.82. The maximum atomic E-state index is 13.1. The van der Waals surface area contributed by atoms with Gasteiger partial charge in [-0.15, -0.1) is 0 Å². The Morgan fingerprint density at radius 1 is 1.09 bits per heavy atom. The van der Waals surface area contributed by atoms with Crippen LogP contribution in [0.5, 0.6) is 11.5 Å². The number of amides is 1. The number of benzene rings is 2. The minimum Gasteiger partial charge on any atom is -0.497 e. The molecule has 0 unspecified atom stereocenters. The number of nitrogens with zero attached hydrogens (tertiary/aromatic N) is 3. The van der Waals surface area contributed by atoms with E-state index in [4.69, 9.17) is 21.1 Å². The summed E-state index contributed by atoms with van der Waals surface area (Å²) in [6.45, 7) is 0.743. The number of carbonyl (C=O) groups excluding carboxylic acids is 1. The van der Waals surface area contributed by atoms with Gasteiger partial charge in [0.1, 0.15) is 17.2 Å². The van der Waals surface area contributed by atoms with Crippen LogP contribution in [0.25, 0.3) is 0 Å². The zero-order valence-electron chi connectivity index (χ0n) is 17.1. The molecule has 8 nitrogen and oxygen atoms in total. The van der Waals surface area contributed by atoms with Gasteiger partial charge in [-0.1, -0.05) is 11.6 Å². The van der Waals surface area contributed by atoms with E-state index >= 15 is 0 Å². The summed E-state index contributed by atoms with van der Waals surface area (Å²) in [7, 11) is 2.92. The van der Waals surface area contributed by atoms with Gasteiger partial charge in [-0.3, -0.25) is 14.9 Å². The lowest BCUT2D eigenvalue weighted by Crippen LogP contribution is -2.49. The first-order valence-electron chi connectivity index (χ1n) is 9.38. The second-order valence-electron chi connectivity index (χ2n) is 6.92. The first-order valence-corrected chi connectivity index (χ1v) is 9.76. The van der Waals surface area contributed by atoms with Crippen molar-refractivity contribution in [2.75, 3.05) is 45.3 Å². The maximum Gasteiger partial charge on any atom is 0.418 e. The fourth-order valence-electron chi connectivity index (χ4n) is 3.46. The van der Waals surface area contributed by atoms with Gasteiger partial charge in [0.2, 0.25) is 0 Å². The Labute approximate surface area is 186 Å². The van der Waals surface area contributed by atoms with Gasteiger partial charge in [-0.05, 0) is 18.2 Å². The molecule has 1 saturated heterocycles. The molecule has 0 bridgehead atoms. The monoisotopic (exact) mass is 473 g/mol. The highest BCUT2D eigenvalue weighted by atomic mass is 35.5. The summed E-state index contributed by atoms with van der Waals surface area (Å²) in [5.74, 6) is 0.556. The van der Waals surface area contributed by atoms with Crippen molar-refractivity contribution in [3.63, 3.8) is 0 Å². The molecule has 0 N–H and O–H groups in total. The van der Waals surface area contributed by atoms with Crippen molar-refractivity contribution in [3.8, 4) is 11.5 Å². The summed E-state index contributed by atoms with van der Waals surface area (Å²) in [5, 5.41) is 10.8. The molecule has 3 rings (SSSR count). The average Bonchev–Trinajstić information content (AvgIpc) is 2.77. The van der Waals surface area contributed by atoms with Crippen LogP contribution >= 0.6 is 11.6 Å². The topological polar surface area (TPSA) is 85.2 Å². The minimum absolute atomic E-state index is 0.0258. The van der Waals surface area contributed by atoms with Gasteiger partial charge in [-0.2, -0.15) is 13.2 Å². The van der Waals surface area contributed by atoms with Gasteiger partial charge < -0.3 is 19.3 Å². The van der Waals surface area contributed by atoms with Crippen molar-refractivity contribution in [3.05, 3.63) is 56.6 Å². The van der Waals surface area contributed by atoms with Gasteiger partial charge in [-0.25, -0.2) is 0 Å². The van der Waals surface area contributed by atoms with Gasteiger partial charge >= 0.3 is 6.18 Å². The summed E-state index contributed by atoms with van der Waals surface area (Å²) in [6.07, 6.45) is -4.82. The van der Waals surface area contributed by atoms with E-state index in [9.17, 15) is 28.1 Å². The fourth-order valence-corrected chi connectivity index (χ4v) is 3.73. The molecule has 2 aromatic rings. The Kier molecular flexibility index (Phi) is 6.68. The van der Waals surface area contributed by atoms with Crippen molar-refractivity contribution < 1.29 is 32.4 Å².